The third-order valence-corrected chi connectivity index (χ3v) is 6.86. The Hall–Kier alpha value is -1.33. The van der Waals surface area contributed by atoms with Crippen molar-refractivity contribution in [2.75, 3.05) is 0 Å². The van der Waals surface area contributed by atoms with Crippen molar-refractivity contribution in [1.29, 1.82) is 0 Å². The summed E-state index contributed by atoms with van der Waals surface area (Å²) >= 11 is 0. The number of aliphatic hydroxyl groups excluding tert-OH is 1. The first kappa shape index (κ1) is 17.1. The molecule has 1 spiro atoms. The summed E-state index contributed by atoms with van der Waals surface area (Å²) in [7, 11) is 0. The van der Waals surface area contributed by atoms with E-state index in [1.54, 1.807) is 6.26 Å². The molecule has 5 heteroatoms. The summed E-state index contributed by atoms with van der Waals surface area (Å²) in [5.41, 5.74) is 1.10. The van der Waals surface area contributed by atoms with Crippen molar-refractivity contribution in [1.82, 2.24) is 0 Å². The van der Waals surface area contributed by atoms with Crippen LogP contribution in [0.2, 0.25) is 0 Å². The van der Waals surface area contributed by atoms with Gasteiger partial charge in [-0.2, -0.15) is 0 Å². The van der Waals surface area contributed by atoms with Crippen LogP contribution in [0.4, 0.5) is 0 Å². The number of esters is 1. The zero-order chi connectivity index (χ0) is 18.1. The number of epoxide rings is 1. The average Bonchev–Trinajstić information content (AvgIpc) is 3.09. The predicted molar refractivity (Wildman–Crippen MR) is 90.9 cm³/mol. The molecule has 1 aromatic heterocycles. The van der Waals surface area contributed by atoms with Gasteiger partial charge in [0.1, 0.15) is 17.5 Å². The summed E-state index contributed by atoms with van der Waals surface area (Å²) in [5, 5.41) is 10.6. The normalized spacial score (nSPS) is 41.7. The van der Waals surface area contributed by atoms with E-state index < -0.39 is 23.2 Å². The maximum absolute atomic E-state index is 12.5. The highest BCUT2D eigenvalue weighted by Gasteiger charge is 2.77. The van der Waals surface area contributed by atoms with Crippen molar-refractivity contribution in [2.24, 2.45) is 17.3 Å². The number of fused-ring (bicyclic) bond motifs is 1. The van der Waals surface area contributed by atoms with Gasteiger partial charge in [-0.05, 0) is 24.3 Å². The van der Waals surface area contributed by atoms with E-state index in [1.165, 1.54) is 0 Å². The maximum atomic E-state index is 12.5. The molecule has 2 aliphatic carbocycles. The largest absolute Gasteiger partial charge is 0.469 e. The number of aliphatic hydroxyl groups is 1. The first-order valence-corrected chi connectivity index (χ1v) is 9.33. The van der Waals surface area contributed by atoms with E-state index >= 15 is 0 Å². The second-order valence-electron chi connectivity index (χ2n) is 8.77. The second kappa shape index (κ2) is 5.34. The Balaban J connectivity index is 1.79. The highest BCUT2D eigenvalue weighted by atomic mass is 16.6. The fourth-order valence-electron chi connectivity index (χ4n) is 5.18. The Morgan fingerprint density at radius 2 is 2.20 bits per heavy atom. The van der Waals surface area contributed by atoms with Crippen LogP contribution in [-0.4, -0.2) is 28.9 Å². The van der Waals surface area contributed by atoms with E-state index in [1.807, 2.05) is 27.7 Å². The molecule has 0 bridgehead atoms. The number of furan rings is 1. The SMILES string of the molecule is Cc1coc2c1[C@@H](OC(=O)CC(C)C)[C@]1(C)[C@@H](C)[C@@H](O)C[C@H]3O[C@]31C2. The number of aryl methyl sites for hydroxylation is 1. The molecule has 2 heterocycles. The minimum atomic E-state index is -0.469. The molecule has 138 valence electrons. The Bertz CT molecular complexity index is 707. The summed E-state index contributed by atoms with van der Waals surface area (Å²) in [4.78, 5) is 12.5. The summed E-state index contributed by atoms with van der Waals surface area (Å²) in [5.74, 6) is 0.866. The number of rotatable bonds is 3. The molecule has 0 radical (unpaired) electrons. The summed E-state index contributed by atoms with van der Waals surface area (Å²) in [6, 6.07) is 0. The fourth-order valence-corrected chi connectivity index (χ4v) is 5.18. The summed E-state index contributed by atoms with van der Waals surface area (Å²) < 4.78 is 18.0. The van der Waals surface area contributed by atoms with E-state index in [0.29, 0.717) is 19.3 Å². The van der Waals surface area contributed by atoms with E-state index in [2.05, 4.69) is 6.92 Å². The van der Waals surface area contributed by atoms with Gasteiger partial charge in [-0.1, -0.05) is 27.7 Å². The molecular formula is C20H28O5. The van der Waals surface area contributed by atoms with Crippen LogP contribution in [0.5, 0.6) is 0 Å². The van der Waals surface area contributed by atoms with Crippen LogP contribution in [0.1, 0.15) is 63.5 Å². The van der Waals surface area contributed by atoms with Crippen molar-refractivity contribution in [3.05, 3.63) is 23.2 Å². The molecule has 3 aliphatic rings. The van der Waals surface area contributed by atoms with Gasteiger partial charge in [0.2, 0.25) is 0 Å². The van der Waals surface area contributed by atoms with Crippen LogP contribution < -0.4 is 0 Å². The van der Waals surface area contributed by atoms with Gasteiger partial charge in [0, 0.05) is 30.2 Å². The number of carbonyl (C=O) groups excluding carboxylic acids is 1. The minimum Gasteiger partial charge on any atom is -0.469 e. The molecule has 1 aromatic rings. The number of ether oxygens (including phenoxy) is 2. The van der Waals surface area contributed by atoms with Gasteiger partial charge in [0.25, 0.3) is 0 Å². The summed E-state index contributed by atoms with van der Waals surface area (Å²) in [6.07, 6.45) is 2.55. The molecule has 1 N–H and O–H groups in total. The Kier molecular flexibility index (Phi) is 3.65. The molecule has 1 aliphatic heterocycles. The molecule has 1 saturated carbocycles. The fraction of sp³-hybridized carbons (Fsp3) is 0.750. The zero-order valence-electron chi connectivity index (χ0n) is 15.7. The molecule has 0 unspecified atom stereocenters. The third kappa shape index (κ3) is 2.18. The standard InChI is InChI=1S/C20H28O5/c1-10(2)6-16(22)24-18-17-11(3)9-23-14(17)8-20-15(25-20)7-13(21)12(4)19(18,20)5/h9-10,12-13,15,18,21H,6-8H2,1-5H3/t12-,13-,15+,18+,19-,20+/m0/s1. The van der Waals surface area contributed by atoms with E-state index in [0.717, 1.165) is 16.9 Å². The van der Waals surface area contributed by atoms with Crippen LogP contribution in [-0.2, 0) is 20.7 Å². The lowest BCUT2D eigenvalue weighted by Crippen LogP contribution is -2.58. The topological polar surface area (TPSA) is 72.2 Å². The molecule has 0 amide bonds. The monoisotopic (exact) mass is 348 g/mol. The molecule has 6 atom stereocenters. The highest BCUT2D eigenvalue weighted by molar-refractivity contribution is 5.70. The Morgan fingerprint density at radius 3 is 2.88 bits per heavy atom. The van der Waals surface area contributed by atoms with Gasteiger partial charge in [0.15, 0.2) is 0 Å². The number of carbonyl (C=O) groups is 1. The van der Waals surface area contributed by atoms with E-state index in [4.69, 9.17) is 13.9 Å². The lowest BCUT2D eigenvalue weighted by molar-refractivity contribution is -0.176. The number of hydrogen-bond donors (Lipinski definition) is 1. The predicted octanol–water partition coefficient (Wildman–Crippen LogP) is 3.32. The molecule has 5 nitrogen and oxygen atoms in total. The Morgan fingerprint density at radius 1 is 1.48 bits per heavy atom. The minimum absolute atomic E-state index is 0.00792. The smallest absolute Gasteiger partial charge is 0.306 e. The van der Waals surface area contributed by atoms with E-state index in [-0.39, 0.29) is 23.9 Å². The van der Waals surface area contributed by atoms with Gasteiger partial charge in [-0.3, -0.25) is 4.79 Å². The molecule has 0 aromatic carbocycles. The van der Waals surface area contributed by atoms with Crippen molar-refractivity contribution in [3.8, 4) is 0 Å². The van der Waals surface area contributed by atoms with Crippen LogP contribution in [0.25, 0.3) is 0 Å². The zero-order valence-corrected chi connectivity index (χ0v) is 15.7. The van der Waals surface area contributed by atoms with E-state index in [9.17, 15) is 9.90 Å². The van der Waals surface area contributed by atoms with Crippen molar-refractivity contribution < 1.29 is 23.8 Å². The van der Waals surface area contributed by atoms with Gasteiger partial charge in [-0.15, -0.1) is 0 Å². The summed E-state index contributed by atoms with van der Waals surface area (Å²) in [6.45, 7) is 10.2. The lowest BCUT2D eigenvalue weighted by Gasteiger charge is -2.52. The average molecular weight is 348 g/mol. The molecule has 4 rings (SSSR count). The molecule has 2 fully saturated rings. The van der Waals surface area contributed by atoms with Gasteiger partial charge in [0.05, 0.1) is 18.5 Å². The lowest BCUT2D eigenvalue weighted by atomic mass is 9.53. The first-order chi connectivity index (χ1) is 11.7. The number of hydrogen-bond acceptors (Lipinski definition) is 5. The van der Waals surface area contributed by atoms with Gasteiger partial charge in [-0.25, -0.2) is 0 Å². The maximum Gasteiger partial charge on any atom is 0.306 e. The molecule has 25 heavy (non-hydrogen) atoms. The van der Waals surface area contributed by atoms with Gasteiger partial charge >= 0.3 is 5.97 Å². The van der Waals surface area contributed by atoms with Crippen molar-refractivity contribution >= 4 is 5.97 Å². The highest BCUT2D eigenvalue weighted by Crippen LogP contribution is 2.69. The van der Waals surface area contributed by atoms with Crippen LogP contribution in [0.15, 0.2) is 10.7 Å². The Labute approximate surface area is 148 Å². The van der Waals surface area contributed by atoms with Crippen LogP contribution in [0, 0.1) is 24.2 Å². The van der Waals surface area contributed by atoms with Crippen molar-refractivity contribution in [2.45, 2.75) is 77.8 Å². The first-order valence-electron chi connectivity index (χ1n) is 9.33. The molecule has 1 saturated heterocycles. The molecular weight excluding hydrogens is 320 g/mol. The van der Waals surface area contributed by atoms with Crippen LogP contribution >= 0.6 is 0 Å². The van der Waals surface area contributed by atoms with Crippen molar-refractivity contribution in [3.63, 3.8) is 0 Å². The van der Waals surface area contributed by atoms with Crippen LogP contribution in [0.3, 0.4) is 0 Å². The quantitative estimate of drug-likeness (QED) is 0.670. The second-order valence-corrected chi connectivity index (χ2v) is 8.77. The third-order valence-electron chi connectivity index (χ3n) is 6.86. The van der Waals surface area contributed by atoms with Gasteiger partial charge < -0.3 is 19.0 Å².